The number of fused-ring (bicyclic) bond motifs is 2. The molecule has 9 heteroatoms. The van der Waals surface area contributed by atoms with Crippen molar-refractivity contribution < 1.29 is 4.74 Å². The van der Waals surface area contributed by atoms with Gasteiger partial charge in [-0.3, -0.25) is 4.98 Å². The molecule has 6 heterocycles. The fourth-order valence-corrected chi connectivity index (χ4v) is 4.29. The largest absolute Gasteiger partial charge is 0.381 e. The number of ether oxygens (including phenoxy) is 1. The molecule has 4 aromatic rings. The van der Waals surface area contributed by atoms with E-state index >= 15 is 0 Å². The van der Waals surface area contributed by atoms with Crippen LogP contribution < -0.4 is 4.90 Å². The highest BCUT2D eigenvalue weighted by molar-refractivity contribution is 5.84. The molecular formula is C22H20N8O. The first-order chi connectivity index (χ1) is 15.2. The van der Waals surface area contributed by atoms with Gasteiger partial charge in [0.1, 0.15) is 0 Å². The average Bonchev–Trinajstić information content (AvgIpc) is 3.57. The van der Waals surface area contributed by atoms with Crippen LogP contribution in [0.1, 0.15) is 11.6 Å². The molecule has 6 rings (SSSR count). The van der Waals surface area contributed by atoms with Gasteiger partial charge in [-0.15, -0.1) is 0 Å². The number of pyridine rings is 1. The van der Waals surface area contributed by atoms with Gasteiger partial charge in [0.15, 0.2) is 22.8 Å². The van der Waals surface area contributed by atoms with Crippen molar-refractivity contribution in [2.45, 2.75) is 0 Å². The van der Waals surface area contributed by atoms with Crippen molar-refractivity contribution in [1.29, 1.82) is 0 Å². The number of hydrogen-bond acceptors (Lipinski definition) is 7. The van der Waals surface area contributed by atoms with Gasteiger partial charge in [-0.25, -0.2) is 19.9 Å². The number of nitrogens with zero attached hydrogens (tertiary/aromatic N) is 7. The molecule has 0 radical (unpaired) electrons. The lowest BCUT2D eigenvalue weighted by Gasteiger charge is -2.18. The number of imidazole rings is 2. The minimum Gasteiger partial charge on any atom is -0.381 e. The Hall–Kier alpha value is -3.77. The lowest BCUT2D eigenvalue weighted by atomic mass is 10.0. The summed E-state index contributed by atoms with van der Waals surface area (Å²) in [6.07, 6.45) is 7.10. The van der Waals surface area contributed by atoms with Crippen molar-refractivity contribution in [3.05, 3.63) is 48.7 Å². The third-order valence-electron chi connectivity index (χ3n) is 5.91. The fourth-order valence-electron chi connectivity index (χ4n) is 4.29. The summed E-state index contributed by atoms with van der Waals surface area (Å²) in [5, 5.41) is 0. The summed E-state index contributed by atoms with van der Waals surface area (Å²) in [6, 6.07) is 3.84. The summed E-state index contributed by atoms with van der Waals surface area (Å²) in [7, 11) is 1.93. The maximum atomic E-state index is 5.62. The van der Waals surface area contributed by atoms with Crippen molar-refractivity contribution in [2.24, 2.45) is 18.9 Å². The number of aromatic nitrogens is 7. The Morgan fingerprint density at radius 1 is 1.13 bits per heavy atom. The number of aromatic amines is 1. The molecular weight excluding hydrogens is 392 g/mol. The minimum atomic E-state index is 0.457. The quantitative estimate of drug-likeness (QED) is 0.500. The van der Waals surface area contributed by atoms with Crippen molar-refractivity contribution in [3.63, 3.8) is 0 Å². The SMILES string of the molecule is Cn1cnc2c(N3C[C@H]4COC[C@H]4C3)nc(C#Cc3nc(-c4cccnc4)c[nH]3)nc21. The first-order valence-corrected chi connectivity index (χ1v) is 10.2. The van der Waals surface area contributed by atoms with Gasteiger partial charge in [0.05, 0.1) is 25.2 Å². The van der Waals surface area contributed by atoms with Crippen LogP contribution in [0.15, 0.2) is 37.1 Å². The van der Waals surface area contributed by atoms with E-state index in [0.717, 1.165) is 54.5 Å². The molecule has 0 spiro atoms. The molecule has 2 atom stereocenters. The van der Waals surface area contributed by atoms with Gasteiger partial charge in [0.2, 0.25) is 5.82 Å². The van der Waals surface area contributed by atoms with Crippen LogP contribution in [0.4, 0.5) is 5.82 Å². The topological polar surface area (TPSA) is 97.6 Å². The summed E-state index contributed by atoms with van der Waals surface area (Å²) in [6.45, 7) is 3.49. The fraction of sp³-hybridized carbons (Fsp3) is 0.318. The predicted molar refractivity (Wildman–Crippen MR) is 114 cm³/mol. The molecule has 0 aromatic carbocycles. The summed E-state index contributed by atoms with van der Waals surface area (Å²) >= 11 is 0. The lowest BCUT2D eigenvalue weighted by Crippen LogP contribution is -2.24. The summed E-state index contributed by atoms with van der Waals surface area (Å²) < 4.78 is 7.52. The molecule has 2 aliphatic rings. The van der Waals surface area contributed by atoms with Crippen LogP contribution in [-0.4, -0.2) is 60.8 Å². The molecule has 0 bridgehead atoms. The zero-order chi connectivity index (χ0) is 20.8. The van der Waals surface area contributed by atoms with E-state index in [1.54, 1.807) is 18.7 Å². The molecule has 2 saturated heterocycles. The first kappa shape index (κ1) is 18.0. The Labute approximate surface area is 178 Å². The molecule has 2 aliphatic heterocycles. The van der Waals surface area contributed by atoms with Crippen LogP contribution in [0.5, 0.6) is 0 Å². The predicted octanol–water partition coefficient (Wildman–Crippen LogP) is 1.63. The Kier molecular flexibility index (Phi) is 4.18. The normalized spacial score (nSPS) is 20.1. The van der Waals surface area contributed by atoms with Crippen LogP contribution in [0.3, 0.4) is 0 Å². The van der Waals surface area contributed by atoms with Gasteiger partial charge in [0.25, 0.3) is 0 Å². The van der Waals surface area contributed by atoms with E-state index in [-0.39, 0.29) is 0 Å². The van der Waals surface area contributed by atoms with E-state index in [1.807, 2.05) is 29.9 Å². The third kappa shape index (κ3) is 3.21. The Balaban J connectivity index is 1.34. The van der Waals surface area contributed by atoms with E-state index in [2.05, 4.69) is 41.7 Å². The Morgan fingerprint density at radius 2 is 2.00 bits per heavy atom. The van der Waals surface area contributed by atoms with Gasteiger partial charge < -0.3 is 19.2 Å². The van der Waals surface area contributed by atoms with E-state index in [4.69, 9.17) is 9.72 Å². The minimum absolute atomic E-state index is 0.457. The smallest absolute Gasteiger partial charge is 0.209 e. The van der Waals surface area contributed by atoms with Crippen molar-refractivity contribution in [3.8, 4) is 23.1 Å². The molecule has 0 unspecified atom stereocenters. The Bertz CT molecular complexity index is 1300. The van der Waals surface area contributed by atoms with E-state index in [9.17, 15) is 0 Å². The molecule has 154 valence electrons. The number of H-pyrrole nitrogens is 1. The number of aryl methyl sites for hydroxylation is 1. The zero-order valence-electron chi connectivity index (χ0n) is 17.0. The molecule has 0 amide bonds. The second-order valence-corrected chi connectivity index (χ2v) is 7.99. The highest BCUT2D eigenvalue weighted by Gasteiger charge is 2.38. The van der Waals surface area contributed by atoms with Crippen LogP contribution in [-0.2, 0) is 11.8 Å². The van der Waals surface area contributed by atoms with Crippen molar-refractivity contribution >= 4 is 17.0 Å². The van der Waals surface area contributed by atoms with Crippen LogP contribution >= 0.6 is 0 Å². The van der Waals surface area contributed by atoms with E-state index < -0.39 is 0 Å². The van der Waals surface area contributed by atoms with Gasteiger partial charge >= 0.3 is 0 Å². The van der Waals surface area contributed by atoms with Gasteiger partial charge in [-0.1, -0.05) is 0 Å². The maximum absolute atomic E-state index is 5.62. The standard InChI is InChI=1S/C22H20N8O/c1-29-13-25-20-21(29)27-19(28-22(20)30-9-15-11-31-12-16(15)10-30)5-4-18-24-8-17(26-18)14-3-2-6-23-7-14/h2-3,6-8,13,15-16H,9-12H2,1H3,(H,24,26)/t15-,16+. The highest BCUT2D eigenvalue weighted by atomic mass is 16.5. The van der Waals surface area contributed by atoms with Crippen LogP contribution in [0.2, 0.25) is 0 Å². The maximum Gasteiger partial charge on any atom is 0.209 e. The third-order valence-corrected chi connectivity index (χ3v) is 5.91. The molecule has 4 aromatic heterocycles. The number of rotatable bonds is 2. The summed E-state index contributed by atoms with van der Waals surface area (Å²) in [5.41, 5.74) is 3.32. The molecule has 0 saturated carbocycles. The highest BCUT2D eigenvalue weighted by Crippen LogP contribution is 2.34. The number of hydrogen-bond donors (Lipinski definition) is 1. The second kappa shape index (κ2) is 7.18. The molecule has 1 N–H and O–H groups in total. The van der Waals surface area contributed by atoms with E-state index in [0.29, 0.717) is 23.5 Å². The van der Waals surface area contributed by atoms with Gasteiger partial charge in [-0.2, -0.15) is 0 Å². The molecule has 31 heavy (non-hydrogen) atoms. The molecule has 2 fully saturated rings. The Morgan fingerprint density at radius 3 is 2.81 bits per heavy atom. The second-order valence-electron chi connectivity index (χ2n) is 7.99. The average molecular weight is 412 g/mol. The molecule has 9 nitrogen and oxygen atoms in total. The first-order valence-electron chi connectivity index (χ1n) is 10.2. The van der Waals surface area contributed by atoms with Crippen LogP contribution in [0, 0.1) is 23.7 Å². The summed E-state index contributed by atoms with van der Waals surface area (Å²) in [4.78, 5) is 28.0. The zero-order valence-corrected chi connectivity index (χ0v) is 17.0. The number of nitrogens with one attached hydrogen (secondary N) is 1. The lowest BCUT2D eigenvalue weighted by molar-refractivity contribution is 0.177. The monoisotopic (exact) mass is 412 g/mol. The van der Waals surface area contributed by atoms with Crippen LogP contribution in [0.25, 0.3) is 22.4 Å². The number of anilines is 1. The van der Waals surface area contributed by atoms with Gasteiger partial charge in [-0.05, 0) is 24.0 Å². The molecule has 0 aliphatic carbocycles. The van der Waals surface area contributed by atoms with Gasteiger partial charge in [0, 0.05) is 56.1 Å². The van der Waals surface area contributed by atoms with Crippen molar-refractivity contribution in [2.75, 3.05) is 31.2 Å². The summed E-state index contributed by atoms with van der Waals surface area (Å²) in [5.74, 6) is 9.10. The van der Waals surface area contributed by atoms with Crippen molar-refractivity contribution in [1.82, 2.24) is 34.5 Å². The van der Waals surface area contributed by atoms with E-state index in [1.165, 1.54) is 0 Å².